The maximum absolute atomic E-state index is 14.4. The summed E-state index contributed by atoms with van der Waals surface area (Å²) in [5.41, 5.74) is 8.16. The van der Waals surface area contributed by atoms with E-state index < -0.39 is 17.7 Å². The number of nitrogens with one attached hydrogen (secondary N) is 3. The maximum atomic E-state index is 14.4. The summed E-state index contributed by atoms with van der Waals surface area (Å²) in [4.78, 5) is 63.6. The lowest BCUT2D eigenvalue weighted by Crippen LogP contribution is -2.29. The van der Waals surface area contributed by atoms with Gasteiger partial charge in [-0.15, -0.1) is 0 Å². The molecular weight excluding hydrogens is 942 g/mol. The smallest absolute Gasteiger partial charge is 0.342 e. The van der Waals surface area contributed by atoms with Gasteiger partial charge in [-0.1, -0.05) is 43.0 Å². The molecule has 5 heterocycles. The van der Waals surface area contributed by atoms with E-state index in [1.165, 1.54) is 31.5 Å². The van der Waals surface area contributed by atoms with Crippen LogP contribution in [0.4, 0.5) is 27.4 Å². The highest BCUT2D eigenvalue weighted by molar-refractivity contribution is 6.04. The monoisotopic (exact) mass is 997 g/mol. The minimum atomic E-state index is -0.616. The van der Waals surface area contributed by atoms with Crippen LogP contribution >= 0.6 is 0 Å². The number of fused-ring (bicyclic) bond motifs is 3. The summed E-state index contributed by atoms with van der Waals surface area (Å²) in [6, 6.07) is 25.9. The highest BCUT2D eigenvalue weighted by Gasteiger charge is 2.23. The SMILES string of the molecule is C=CC(=O)Nc1cc(Nc2ncc(C(=O)OC(C)C)c(-c3cn(C)c4ccccc34)n2)c(OC)cc1N(C)CCN(C)C.CNC(=O)c1ccc(-c2cnc3ncc(Cc4ccc5ncccc5c4)n3n2)cc1F. The number of halogens is 1. The Morgan fingerprint density at radius 1 is 0.878 bits per heavy atom. The fourth-order valence-electron chi connectivity index (χ4n) is 8.14. The van der Waals surface area contributed by atoms with E-state index in [0.717, 1.165) is 50.9 Å². The first-order chi connectivity index (χ1) is 35.6. The molecule has 0 bridgehead atoms. The summed E-state index contributed by atoms with van der Waals surface area (Å²) >= 11 is 0. The van der Waals surface area contributed by atoms with Crippen LogP contribution in [0, 0.1) is 5.82 Å². The first-order valence-corrected chi connectivity index (χ1v) is 23.6. The van der Waals surface area contributed by atoms with Gasteiger partial charge >= 0.3 is 5.97 Å². The van der Waals surface area contributed by atoms with Crippen molar-refractivity contribution in [2.45, 2.75) is 26.4 Å². The number of likely N-dealkylation sites (N-methyl/N-ethyl adjacent to an activating group) is 2. The lowest BCUT2D eigenvalue weighted by atomic mass is 10.1. The van der Waals surface area contributed by atoms with E-state index in [1.54, 1.807) is 56.2 Å². The summed E-state index contributed by atoms with van der Waals surface area (Å²) in [6.07, 6.45) is 9.97. The Balaban J connectivity index is 0.000000207. The standard InChI is InChI=1S/C32H39N7O4.C23H17FN6O/c1-9-29(40)34-24-16-25(28(42-8)17-27(24)38(6)15-14-37(4)5)35-32-33-18-22(31(41)43-20(2)3)30(36-32)23-19-39(7)26-13-11-10-12-21(23)26;1-25-22(31)18-6-5-16(11-19(18)24)21-13-28-23-27-12-17(30(23)29-21)10-14-4-7-20-15(9-14)3-2-8-26-20/h9-13,16-20H,1,14-15H2,2-8H3,(H,34,40)(H,33,35,36);2-9,11-13H,10H2,1H3,(H,25,31). The van der Waals surface area contributed by atoms with Gasteiger partial charge in [-0.25, -0.2) is 33.6 Å². The molecule has 0 fully saturated rings. The van der Waals surface area contributed by atoms with E-state index in [-0.39, 0.29) is 29.1 Å². The molecule has 4 aromatic carbocycles. The third-order valence-corrected chi connectivity index (χ3v) is 11.9. The van der Waals surface area contributed by atoms with Crippen molar-refractivity contribution in [1.29, 1.82) is 0 Å². The van der Waals surface area contributed by atoms with Crippen molar-refractivity contribution in [3.05, 3.63) is 157 Å². The molecule has 0 spiro atoms. The molecule has 0 atom stereocenters. The topological polar surface area (TPSA) is 199 Å². The van der Waals surface area contributed by atoms with Crippen LogP contribution < -0.4 is 25.6 Å². The van der Waals surface area contributed by atoms with E-state index in [2.05, 4.69) is 58.5 Å². The van der Waals surface area contributed by atoms with Crippen LogP contribution in [0.15, 0.2) is 129 Å². The number of imidazole rings is 1. The number of anilines is 4. The fourth-order valence-corrected chi connectivity index (χ4v) is 8.14. The minimum Gasteiger partial charge on any atom is -0.494 e. The number of hydrogen-bond donors (Lipinski definition) is 3. The van der Waals surface area contributed by atoms with Crippen LogP contribution in [-0.2, 0) is 23.0 Å². The van der Waals surface area contributed by atoms with E-state index in [1.807, 2.05) is 98.5 Å². The first-order valence-electron chi connectivity index (χ1n) is 23.6. The number of para-hydroxylation sites is 1. The number of methoxy groups -OCH3 is 1. The number of carbonyl (C=O) groups excluding carboxylic acids is 3. The number of esters is 1. The van der Waals surface area contributed by atoms with Crippen molar-refractivity contribution >= 4 is 68.4 Å². The Bertz CT molecular complexity index is 3550. The average Bonchev–Trinajstić information content (AvgIpc) is 3.96. The number of rotatable bonds is 16. The number of nitrogens with zero attached hydrogens (tertiary/aromatic N) is 10. The molecular formula is C55H56FN13O5. The Morgan fingerprint density at radius 3 is 2.42 bits per heavy atom. The van der Waals surface area contributed by atoms with Gasteiger partial charge in [0.05, 0.1) is 65.1 Å². The van der Waals surface area contributed by atoms with Gasteiger partial charge in [0.1, 0.15) is 22.8 Å². The van der Waals surface area contributed by atoms with Gasteiger partial charge in [0.2, 0.25) is 11.9 Å². The molecule has 5 aromatic heterocycles. The van der Waals surface area contributed by atoms with Gasteiger partial charge in [-0.05, 0) is 82.0 Å². The molecule has 74 heavy (non-hydrogen) atoms. The quantitative estimate of drug-likeness (QED) is 0.0615. The molecule has 0 aliphatic rings. The fraction of sp³-hybridized carbons (Fsp3) is 0.218. The van der Waals surface area contributed by atoms with Crippen LogP contribution in [0.3, 0.4) is 0 Å². The van der Waals surface area contributed by atoms with Gasteiger partial charge in [-0.3, -0.25) is 14.6 Å². The van der Waals surface area contributed by atoms with Crippen LogP contribution in [0.2, 0.25) is 0 Å². The second kappa shape index (κ2) is 22.5. The van der Waals surface area contributed by atoms with Gasteiger partial charge in [0, 0.05) is 92.7 Å². The zero-order valence-electron chi connectivity index (χ0n) is 42.3. The summed E-state index contributed by atoms with van der Waals surface area (Å²) in [5, 5.41) is 15.2. The van der Waals surface area contributed by atoms with Gasteiger partial charge in [0.25, 0.3) is 11.7 Å². The van der Waals surface area contributed by atoms with Crippen molar-refractivity contribution in [3.8, 4) is 28.3 Å². The number of carbonyl (C=O) groups is 3. The van der Waals surface area contributed by atoms with E-state index in [4.69, 9.17) is 14.5 Å². The molecule has 3 N–H and O–H groups in total. The van der Waals surface area contributed by atoms with Crippen LogP contribution in [0.5, 0.6) is 5.75 Å². The lowest BCUT2D eigenvalue weighted by Gasteiger charge is -2.26. The average molecular weight is 998 g/mol. The molecule has 0 aliphatic carbocycles. The minimum absolute atomic E-state index is 0.0191. The summed E-state index contributed by atoms with van der Waals surface area (Å²) in [7, 11) is 10.9. The second-order valence-corrected chi connectivity index (χ2v) is 17.8. The summed E-state index contributed by atoms with van der Waals surface area (Å²) in [5.74, 6) is -0.743. The van der Waals surface area contributed by atoms with E-state index in [0.29, 0.717) is 52.8 Å². The number of ether oxygens (including phenoxy) is 2. The first kappa shape index (κ1) is 51.3. The normalized spacial score (nSPS) is 11.1. The molecule has 18 nitrogen and oxygen atoms in total. The Labute approximate surface area is 426 Å². The zero-order valence-corrected chi connectivity index (χ0v) is 42.3. The Morgan fingerprint density at radius 2 is 1.68 bits per heavy atom. The van der Waals surface area contributed by atoms with Crippen molar-refractivity contribution in [3.63, 3.8) is 0 Å². The predicted octanol–water partition coefficient (Wildman–Crippen LogP) is 8.50. The number of amides is 2. The van der Waals surface area contributed by atoms with Gasteiger partial charge in [-0.2, -0.15) is 5.10 Å². The molecule has 19 heteroatoms. The zero-order chi connectivity index (χ0) is 52.6. The number of pyridine rings is 1. The van der Waals surface area contributed by atoms with Crippen molar-refractivity contribution in [1.82, 2.24) is 49.3 Å². The molecule has 0 radical (unpaired) electrons. The van der Waals surface area contributed by atoms with Crippen molar-refractivity contribution in [2.24, 2.45) is 7.05 Å². The van der Waals surface area contributed by atoms with E-state index >= 15 is 0 Å². The van der Waals surface area contributed by atoms with E-state index in [9.17, 15) is 18.8 Å². The van der Waals surface area contributed by atoms with Crippen LogP contribution in [-0.4, -0.2) is 116 Å². The molecule has 0 unspecified atom stereocenters. The molecule has 9 aromatic rings. The Kier molecular flexibility index (Phi) is 15.6. The molecule has 378 valence electrons. The number of benzene rings is 4. The summed E-state index contributed by atoms with van der Waals surface area (Å²) in [6.45, 7) is 8.70. The van der Waals surface area contributed by atoms with Crippen LogP contribution in [0.1, 0.15) is 45.8 Å². The molecule has 0 saturated heterocycles. The van der Waals surface area contributed by atoms with Gasteiger partial charge in [0.15, 0.2) is 0 Å². The predicted molar refractivity (Wildman–Crippen MR) is 286 cm³/mol. The van der Waals surface area contributed by atoms with Crippen molar-refractivity contribution in [2.75, 3.05) is 63.9 Å². The van der Waals surface area contributed by atoms with Crippen LogP contribution in [0.25, 0.3) is 50.1 Å². The molecule has 2 amide bonds. The highest BCUT2D eigenvalue weighted by Crippen LogP contribution is 2.39. The van der Waals surface area contributed by atoms with Gasteiger partial charge < -0.3 is 39.8 Å². The highest BCUT2D eigenvalue weighted by atomic mass is 19.1. The summed E-state index contributed by atoms with van der Waals surface area (Å²) < 4.78 is 29.3. The lowest BCUT2D eigenvalue weighted by molar-refractivity contribution is -0.111. The third-order valence-electron chi connectivity index (χ3n) is 11.9. The largest absolute Gasteiger partial charge is 0.494 e. The van der Waals surface area contributed by atoms with Crippen molar-refractivity contribution < 1.29 is 28.2 Å². The third kappa shape index (κ3) is 11.5. The number of aryl methyl sites for hydroxylation is 1. The maximum Gasteiger partial charge on any atom is 0.342 e. The molecule has 9 rings (SSSR count). The number of hydrogen-bond acceptors (Lipinski definition) is 14. The number of aromatic nitrogens is 8. The Hall–Kier alpha value is -9.10. The molecule has 0 saturated carbocycles. The second-order valence-electron chi connectivity index (χ2n) is 17.8. The molecule has 0 aliphatic heterocycles.